The number of carbonyl (C=O) groups excluding carboxylic acids is 1. The Morgan fingerprint density at radius 1 is 1.21 bits per heavy atom. The molecular formula is C21H24N2O4S. The van der Waals surface area contributed by atoms with Crippen LogP contribution in [-0.4, -0.2) is 30.9 Å². The maximum absolute atomic E-state index is 11.7. The minimum Gasteiger partial charge on any atom is -0.497 e. The van der Waals surface area contributed by atoms with E-state index >= 15 is 0 Å². The molecule has 1 aliphatic rings. The van der Waals surface area contributed by atoms with E-state index in [1.54, 1.807) is 25.3 Å². The van der Waals surface area contributed by atoms with Crippen molar-refractivity contribution < 1.29 is 19.0 Å². The second-order valence-corrected chi connectivity index (χ2v) is 7.60. The van der Waals surface area contributed by atoms with Crippen LogP contribution in [0.3, 0.4) is 0 Å². The average molecular weight is 401 g/mol. The van der Waals surface area contributed by atoms with Crippen molar-refractivity contribution in [2.45, 2.75) is 31.9 Å². The fraction of sp³-hybridized carbons (Fsp3) is 0.333. The van der Waals surface area contributed by atoms with E-state index in [-0.39, 0.29) is 11.6 Å². The fourth-order valence-electron chi connectivity index (χ4n) is 3.26. The topological polar surface area (TPSA) is 68.8 Å². The Balaban J connectivity index is 1.78. The van der Waals surface area contributed by atoms with Gasteiger partial charge in [0.15, 0.2) is 5.11 Å². The van der Waals surface area contributed by atoms with Crippen molar-refractivity contribution in [1.29, 1.82) is 0 Å². The minimum atomic E-state index is -0.394. The van der Waals surface area contributed by atoms with Gasteiger partial charge < -0.3 is 24.8 Å². The summed E-state index contributed by atoms with van der Waals surface area (Å²) in [5, 5.41) is 6.95. The first-order chi connectivity index (χ1) is 13.3. The number of rotatable bonds is 4. The summed E-state index contributed by atoms with van der Waals surface area (Å²) in [6, 6.07) is 12.7. The summed E-state index contributed by atoms with van der Waals surface area (Å²) in [5.74, 6) is 1.18. The number of hydrogen-bond donors (Lipinski definition) is 2. The number of thiocarbonyl (C=S) groups is 1. The van der Waals surface area contributed by atoms with E-state index in [1.165, 1.54) is 7.11 Å². The molecule has 28 heavy (non-hydrogen) atoms. The zero-order valence-electron chi connectivity index (χ0n) is 16.4. The minimum absolute atomic E-state index is 0.0439. The molecule has 2 aromatic rings. The summed E-state index contributed by atoms with van der Waals surface area (Å²) in [6.07, 6.45) is 0.733. The van der Waals surface area contributed by atoms with Crippen LogP contribution >= 0.6 is 12.2 Å². The third-order valence-corrected chi connectivity index (χ3v) is 4.74. The number of hydrogen-bond acceptors (Lipinski definition) is 5. The van der Waals surface area contributed by atoms with Gasteiger partial charge in [0.2, 0.25) is 0 Å². The number of esters is 1. The molecule has 7 heteroatoms. The zero-order chi connectivity index (χ0) is 20.3. The highest BCUT2D eigenvalue weighted by Gasteiger charge is 2.34. The van der Waals surface area contributed by atoms with E-state index < -0.39 is 5.97 Å². The molecule has 0 saturated carbocycles. The van der Waals surface area contributed by atoms with E-state index in [0.717, 1.165) is 23.5 Å². The van der Waals surface area contributed by atoms with Gasteiger partial charge in [0, 0.05) is 17.7 Å². The van der Waals surface area contributed by atoms with Gasteiger partial charge >= 0.3 is 5.97 Å². The predicted octanol–water partition coefficient (Wildman–Crippen LogP) is 4.07. The summed E-state index contributed by atoms with van der Waals surface area (Å²) >= 11 is 5.51. The quantitative estimate of drug-likeness (QED) is 0.592. The molecule has 1 atom stereocenters. The molecule has 0 saturated heterocycles. The van der Waals surface area contributed by atoms with Gasteiger partial charge in [-0.05, 0) is 62.5 Å². The van der Waals surface area contributed by atoms with Crippen LogP contribution in [0.15, 0.2) is 42.5 Å². The summed E-state index contributed by atoms with van der Waals surface area (Å²) in [6.45, 7) is 4.09. The Morgan fingerprint density at radius 3 is 2.71 bits per heavy atom. The van der Waals surface area contributed by atoms with E-state index in [9.17, 15) is 4.79 Å². The largest absolute Gasteiger partial charge is 0.497 e. The highest BCUT2D eigenvalue weighted by atomic mass is 32.1. The Labute approximate surface area is 170 Å². The van der Waals surface area contributed by atoms with Gasteiger partial charge in [0.25, 0.3) is 0 Å². The van der Waals surface area contributed by atoms with Crippen molar-refractivity contribution in [3.05, 3.63) is 53.6 Å². The van der Waals surface area contributed by atoms with Gasteiger partial charge in [-0.2, -0.15) is 0 Å². The molecule has 6 nitrogen and oxygen atoms in total. The lowest BCUT2D eigenvalue weighted by molar-refractivity contribution is 0.0600. The first-order valence-electron chi connectivity index (χ1n) is 8.94. The third-order valence-electron chi connectivity index (χ3n) is 4.52. The van der Waals surface area contributed by atoms with Crippen molar-refractivity contribution in [2.24, 2.45) is 0 Å². The maximum Gasteiger partial charge on any atom is 0.337 e. The number of benzene rings is 2. The van der Waals surface area contributed by atoms with Gasteiger partial charge in [-0.25, -0.2) is 4.79 Å². The standard InChI is InChI=1S/C21H24N2O4S/c1-21(2)12-17(16-11-15(25-3)8-9-18(16)27-21)23-20(28)22-14-7-5-6-13(10-14)19(24)26-4/h5-11,17H,12H2,1-4H3,(H2,22,23,28)/t17-/m1/s1. The van der Waals surface area contributed by atoms with Gasteiger partial charge in [0.1, 0.15) is 17.1 Å². The van der Waals surface area contributed by atoms with Crippen molar-refractivity contribution in [3.63, 3.8) is 0 Å². The SMILES string of the molecule is COC(=O)c1cccc(NC(=S)N[C@@H]2CC(C)(C)Oc3ccc(OC)cc32)c1. The first-order valence-corrected chi connectivity index (χ1v) is 9.35. The molecular weight excluding hydrogens is 376 g/mol. The highest BCUT2D eigenvalue weighted by Crippen LogP contribution is 2.41. The van der Waals surface area contributed by atoms with Crippen molar-refractivity contribution >= 4 is 29.0 Å². The molecule has 0 unspecified atom stereocenters. The fourth-order valence-corrected chi connectivity index (χ4v) is 3.52. The Morgan fingerprint density at radius 2 is 2.00 bits per heavy atom. The van der Waals surface area contributed by atoms with E-state index in [0.29, 0.717) is 16.4 Å². The van der Waals surface area contributed by atoms with Crippen LogP contribution in [0.4, 0.5) is 5.69 Å². The van der Waals surface area contributed by atoms with Gasteiger partial charge in [-0.15, -0.1) is 0 Å². The number of nitrogens with one attached hydrogen (secondary N) is 2. The first kappa shape index (κ1) is 19.9. The van der Waals surface area contributed by atoms with E-state index in [2.05, 4.69) is 10.6 Å². The molecule has 0 spiro atoms. The second kappa shape index (κ2) is 8.06. The van der Waals surface area contributed by atoms with Crippen LogP contribution in [-0.2, 0) is 4.74 Å². The van der Waals surface area contributed by atoms with E-state index in [4.69, 9.17) is 26.4 Å². The highest BCUT2D eigenvalue weighted by molar-refractivity contribution is 7.80. The number of anilines is 1. The molecule has 0 bridgehead atoms. The zero-order valence-corrected chi connectivity index (χ0v) is 17.2. The summed E-state index contributed by atoms with van der Waals surface area (Å²) in [4.78, 5) is 11.7. The van der Waals surface area contributed by atoms with Crippen LogP contribution in [0, 0.1) is 0 Å². The lowest BCUT2D eigenvalue weighted by atomic mass is 9.89. The molecule has 1 aliphatic heterocycles. The van der Waals surface area contributed by atoms with Crippen molar-refractivity contribution in [3.8, 4) is 11.5 Å². The number of carbonyl (C=O) groups is 1. The second-order valence-electron chi connectivity index (χ2n) is 7.19. The number of fused-ring (bicyclic) bond motifs is 1. The molecule has 2 aromatic carbocycles. The van der Waals surface area contributed by atoms with Crippen LogP contribution in [0.1, 0.15) is 42.2 Å². The van der Waals surface area contributed by atoms with Gasteiger partial charge in [-0.3, -0.25) is 0 Å². The van der Waals surface area contributed by atoms with Crippen LogP contribution in [0.25, 0.3) is 0 Å². The van der Waals surface area contributed by atoms with E-state index in [1.807, 2.05) is 38.1 Å². The lowest BCUT2D eigenvalue weighted by Gasteiger charge is -2.38. The van der Waals surface area contributed by atoms with Crippen LogP contribution in [0.5, 0.6) is 11.5 Å². The normalized spacial score (nSPS) is 16.9. The molecule has 0 radical (unpaired) electrons. The smallest absolute Gasteiger partial charge is 0.337 e. The van der Waals surface area contributed by atoms with Crippen LogP contribution in [0.2, 0.25) is 0 Å². The Bertz CT molecular complexity index is 898. The summed E-state index contributed by atoms with van der Waals surface area (Å²) < 4.78 is 16.2. The molecule has 0 amide bonds. The van der Waals surface area contributed by atoms with Gasteiger partial charge in [0.05, 0.1) is 25.8 Å². The number of methoxy groups -OCH3 is 2. The van der Waals surface area contributed by atoms with Gasteiger partial charge in [-0.1, -0.05) is 6.07 Å². The van der Waals surface area contributed by atoms with Crippen LogP contribution < -0.4 is 20.1 Å². The summed E-state index contributed by atoms with van der Waals surface area (Å²) in [7, 11) is 2.99. The van der Waals surface area contributed by atoms with Crippen molar-refractivity contribution in [1.82, 2.24) is 5.32 Å². The molecule has 0 aliphatic carbocycles. The Hall–Kier alpha value is -2.80. The summed E-state index contributed by atoms with van der Waals surface area (Å²) in [5.41, 5.74) is 1.82. The molecule has 2 N–H and O–H groups in total. The lowest BCUT2D eigenvalue weighted by Crippen LogP contribution is -2.42. The Kier molecular flexibility index (Phi) is 5.74. The molecule has 0 fully saturated rings. The average Bonchev–Trinajstić information content (AvgIpc) is 2.66. The molecule has 0 aromatic heterocycles. The molecule has 148 valence electrons. The molecule has 3 rings (SSSR count). The van der Waals surface area contributed by atoms with Crippen molar-refractivity contribution in [2.75, 3.05) is 19.5 Å². The number of ether oxygens (including phenoxy) is 3. The third kappa shape index (κ3) is 4.54. The maximum atomic E-state index is 11.7. The monoisotopic (exact) mass is 400 g/mol. The predicted molar refractivity (Wildman–Crippen MR) is 112 cm³/mol. The molecule has 1 heterocycles.